The molecule has 18 heavy (non-hydrogen) atoms. The van der Waals surface area contributed by atoms with Crippen molar-refractivity contribution in [1.82, 2.24) is 8.61 Å². The molecule has 2 aliphatic rings. The number of alkyl halides is 1. The first-order valence-corrected chi connectivity index (χ1v) is 8.74. The van der Waals surface area contributed by atoms with Crippen molar-refractivity contribution in [2.75, 3.05) is 32.6 Å². The summed E-state index contributed by atoms with van der Waals surface area (Å²) in [6, 6.07) is 0. The van der Waals surface area contributed by atoms with Gasteiger partial charge < -0.3 is 0 Å². The third kappa shape index (κ3) is 4.08. The predicted octanol–water partition coefficient (Wildman–Crippen LogP) is 1.91. The Bertz CT molecular complexity index is 352. The van der Waals surface area contributed by atoms with Gasteiger partial charge in [-0.1, -0.05) is 0 Å². The molecular weight excluding hydrogens is 272 g/mol. The second kappa shape index (κ2) is 6.07. The summed E-state index contributed by atoms with van der Waals surface area (Å²) in [6.45, 7) is 1.94. The molecule has 0 saturated heterocycles. The first-order valence-electron chi connectivity index (χ1n) is 6.81. The fraction of sp³-hybridized carbons (Fsp3) is 1.00. The highest BCUT2D eigenvalue weighted by Crippen LogP contribution is 2.35. The molecule has 0 spiro atoms. The van der Waals surface area contributed by atoms with Gasteiger partial charge in [-0.2, -0.15) is 17.0 Å². The quantitative estimate of drug-likeness (QED) is 0.610. The van der Waals surface area contributed by atoms with Gasteiger partial charge in [0.25, 0.3) is 10.2 Å². The van der Waals surface area contributed by atoms with Crippen molar-refractivity contribution in [2.24, 2.45) is 11.8 Å². The Morgan fingerprint density at radius 3 is 2.00 bits per heavy atom. The van der Waals surface area contributed by atoms with Gasteiger partial charge in [-0.25, -0.2) is 0 Å². The number of hydrogen-bond acceptors (Lipinski definition) is 2. The Morgan fingerprint density at radius 1 is 1.11 bits per heavy atom. The number of rotatable bonds is 9. The van der Waals surface area contributed by atoms with Gasteiger partial charge in [-0.3, -0.25) is 0 Å². The van der Waals surface area contributed by atoms with E-state index in [4.69, 9.17) is 11.6 Å². The first kappa shape index (κ1) is 14.6. The Balaban J connectivity index is 1.96. The van der Waals surface area contributed by atoms with Gasteiger partial charge in [0, 0.05) is 32.6 Å². The molecule has 0 amide bonds. The molecule has 0 unspecified atom stereocenters. The second-order valence-corrected chi connectivity index (χ2v) is 7.99. The molecule has 0 aromatic carbocycles. The molecule has 6 heteroatoms. The molecule has 0 aromatic heterocycles. The lowest BCUT2D eigenvalue weighted by Crippen LogP contribution is -2.44. The predicted molar refractivity (Wildman–Crippen MR) is 73.9 cm³/mol. The van der Waals surface area contributed by atoms with Crippen LogP contribution in [-0.4, -0.2) is 49.6 Å². The molecule has 0 radical (unpaired) electrons. The molecule has 0 heterocycles. The smallest absolute Gasteiger partial charge is 0.195 e. The van der Waals surface area contributed by atoms with Gasteiger partial charge in [-0.15, -0.1) is 11.6 Å². The first-order chi connectivity index (χ1) is 8.54. The molecular formula is C12H23ClN2O2S. The van der Waals surface area contributed by atoms with Crippen molar-refractivity contribution in [3.8, 4) is 0 Å². The molecule has 2 saturated carbocycles. The average molecular weight is 295 g/mol. The fourth-order valence-electron chi connectivity index (χ4n) is 2.03. The van der Waals surface area contributed by atoms with E-state index in [9.17, 15) is 8.42 Å². The van der Waals surface area contributed by atoms with Gasteiger partial charge in [0.1, 0.15) is 0 Å². The van der Waals surface area contributed by atoms with Gasteiger partial charge in [-0.05, 0) is 43.9 Å². The molecule has 0 N–H and O–H groups in total. The highest BCUT2D eigenvalue weighted by atomic mass is 35.5. The van der Waals surface area contributed by atoms with Crippen LogP contribution in [0.25, 0.3) is 0 Å². The van der Waals surface area contributed by atoms with Crippen LogP contribution in [0.1, 0.15) is 32.1 Å². The molecule has 2 aliphatic carbocycles. The Labute approximate surface area is 115 Å². The minimum atomic E-state index is -3.28. The van der Waals surface area contributed by atoms with Crippen LogP contribution in [0.15, 0.2) is 0 Å². The van der Waals surface area contributed by atoms with E-state index >= 15 is 0 Å². The van der Waals surface area contributed by atoms with Crippen molar-refractivity contribution in [3.63, 3.8) is 0 Å². The second-order valence-electron chi connectivity index (χ2n) is 5.58. The Kier molecular flexibility index (Phi) is 4.92. The molecule has 0 atom stereocenters. The lowest BCUT2D eigenvalue weighted by atomic mass is 10.4. The molecule has 0 aliphatic heterocycles. The minimum Gasteiger partial charge on any atom is -0.195 e. The van der Waals surface area contributed by atoms with Crippen molar-refractivity contribution >= 4 is 21.8 Å². The topological polar surface area (TPSA) is 40.6 Å². The van der Waals surface area contributed by atoms with Crippen LogP contribution in [0.3, 0.4) is 0 Å². The van der Waals surface area contributed by atoms with E-state index in [0.29, 0.717) is 43.8 Å². The standard InChI is InChI=1S/C12H23ClN2O2S/c1-14(8-2-7-13)18(16,17)15(9-11-3-4-11)10-12-5-6-12/h11-12H,2-10H2,1H3. The maximum Gasteiger partial charge on any atom is 0.281 e. The molecule has 106 valence electrons. The van der Waals surface area contributed by atoms with Crippen LogP contribution < -0.4 is 0 Å². The monoisotopic (exact) mass is 294 g/mol. The third-order valence-corrected chi connectivity index (χ3v) is 5.83. The van der Waals surface area contributed by atoms with E-state index in [1.807, 2.05) is 0 Å². The normalized spacial score (nSPS) is 20.9. The summed E-state index contributed by atoms with van der Waals surface area (Å²) < 4.78 is 28.1. The van der Waals surface area contributed by atoms with Gasteiger partial charge in [0.2, 0.25) is 0 Å². The Hall–Kier alpha value is 0.160. The third-order valence-electron chi connectivity index (χ3n) is 3.64. The van der Waals surface area contributed by atoms with E-state index in [-0.39, 0.29) is 0 Å². The highest BCUT2D eigenvalue weighted by Gasteiger charge is 2.36. The summed E-state index contributed by atoms with van der Waals surface area (Å²) in [5.74, 6) is 1.70. The van der Waals surface area contributed by atoms with E-state index in [0.717, 1.165) is 0 Å². The van der Waals surface area contributed by atoms with Gasteiger partial charge >= 0.3 is 0 Å². The van der Waals surface area contributed by atoms with Crippen molar-refractivity contribution in [2.45, 2.75) is 32.1 Å². The molecule has 0 bridgehead atoms. The summed E-state index contributed by atoms with van der Waals surface area (Å²) in [7, 11) is -1.61. The van der Waals surface area contributed by atoms with E-state index in [1.54, 1.807) is 11.4 Å². The van der Waals surface area contributed by atoms with Gasteiger partial charge in [0.05, 0.1) is 0 Å². The number of halogens is 1. The van der Waals surface area contributed by atoms with E-state index in [2.05, 4.69) is 0 Å². The minimum absolute atomic E-state index is 0.505. The largest absolute Gasteiger partial charge is 0.281 e. The lowest BCUT2D eigenvalue weighted by molar-refractivity contribution is 0.340. The summed E-state index contributed by atoms with van der Waals surface area (Å²) in [4.78, 5) is 0. The van der Waals surface area contributed by atoms with Crippen LogP contribution in [0.5, 0.6) is 0 Å². The number of hydrogen-bond donors (Lipinski definition) is 0. The van der Waals surface area contributed by atoms with E-state index in [1.165, 1.54) is 30.0 Å². The van der Waals surface area contributed by atoms with Gasteiger partial charge in [0.15, 0.2) is 0 Å². The maximum absolute atomic E-state index is 12.5. The molecule has 2 rings (SSSR count). The van der Waals surface area contributed by atoms with Crippen LogP contribution in [0.4, 0.5) is 0 Å². The van der Waals surface area contributed by atoms with Crippen LogP contribution in [0.2, 0.25) is 0 Å². The molecule has 2 fully saturated rings. The zero-order chi connectivity index (χ0) is 13.2. The Morgan fingerprint density at radius 2 is 1.61 bits per heavy atom. The highest BCUT2D eigenvalue weighted by molar-refractivity contribution is 7.86. The van der Waals surface area contributed by atoms with Crippen molar-refractivity contribution < 1.29 is 8.42 Å². The summed E-state index contributed by atoms with van der Waals surface area (Å²) in [5.41, 5.74) is 0. The molecule has 0 aromatic rings. The lowest BCUT2D eigenvalue weighted by Gasteiger charge is -2.27. The molecule has 4 nitrogen and oxygen atoms in total. The summed E-state index contributed by atoms with van der Waals surface area (Å²) >= 11 is 5.63. The van der Waals surface area contributed by atoms with Crippen molar-refractivity contribution in [3.05, 3.63) is 0 Å². The van der Waals surface area contributed by atoms with Crippen molar-refractivity contribution in [1.29, 1.82) is 0 Å². The maximum atomic E-state index is 12.5. The van der Waals surface area contributed by atoms with E-state index < -0.39 is 10.2 Å². The van der Waals surface area contributed by atoms with Crippen LogP contribution in [0, 0.1) is 11.8 Å². The summed E-state index contributed by atoms with van der Waals surface area (Å²) in [6.07, 6.45) is 5.44. The van der Waals surface area contributed by atoms with Crippen LogP contribution >= 0.6 is 11.6 Å². The fourth-order valence-corrected chi connectivity index (χ4v) is 3.71. The zero-order valence-electron chi connectivity index (χ0n) is 11.0. The van der Waals surface area contributed by atoms with Crippen LogP contribution in [-0.2, 0) is 10.2 Å². The number of nitrogens with zero attached hydrogens (tertiary/aromatic N) is 2. The average Bonchev–Trinajstić information content (AvgIpc) is 3.18. The zero-order valence-corrected chi connectivity index (χ0v) is 12.6. The summed E-state index contributed by atoms with van der Waals surface area (Å²) in [5, 5.41) is 0. The SMILES string of the molecule is CN(CCCCl)S(=O)(=O)N(CC1CC1)CC1CC1.